The highest BCUT2D eigenvalue weighted by molar-refractivity contribution is 5.89. The van der Waals surface area contributed by atoms with E-state index in [1.807, 2.05) is 6.07 Å². The Bertz CT molecular complexity index is 726. The largest absolute Gasteiger partial charge is 0.453 e. The van der Waals surface area contributed by atoms with Crippen LogP contribution in [0.15, 0.2) is 48.5 Å². The fourth-order valence-electron chi connectivity index (χ4n) is 1.89. The first-order chi connectivity index (χ1) is 10.6. The van der Waals surface area contributed by atoms with E-state index in [1.165, 1.54) is 13.2 Å². The van der Waals surface area contributed by atoms with Crippen molar-refractivity contribution in [3.05, 3.63) is 69.8 Å². The molecule has 0 fully saturated rings. The van der Waals surface area contributed by atoms with Crippen LogP contribution in [-0.2, 0) is 4.74 Å². The lowest BCUT2D eigenvalue weighted by molar-refractivity contribution is -0.385. The van der Waals surface area contributed by atoms with Crippen LogP contribution >= 0.6 is 0 Å². The number of nitrogens with zero attached hydrogens (tertiary/aromatic N) is 1. The first-order valence-corrected chi connectivity index (χ1v) is 6.47. The van der Waals surface area contributed by atoms with E-state index in [4.69, 9.17) is 0 Å². The van der Waals surface area contributed by atoms with E-state index < -0.39 is 11.0 Å². The number of carbonyl (C=O) groups excluding carboxylic acids is 1. The second kappa shape index (κ2) is 7.03. The molecule has 22 heavy (non-hydrogen) atoms. The van der Waals surface area contributed by atoms with Gasteiger partial charge in [-0.05, 0) is 23.8 Å². The summed E-state index contributed by atoms with van der Waals surface area (Å²) in [5.41, 5.74) is 1.78. The molecule has 0 heterocycles. The maximum absolute atomic E-state index is 11.3. The average molecular weight is 298 g/mol. The van der Waals surface area contributed by atoms with Crippen LogP contribution in [-0.4, -0.2) is 18.1 Å². The molecule has 0 unspecified atom stereocenters. The van der Waals surface area contributed by atoms with Crippen LogP contribution in [0, 0.1) is 10.1 Å². The molecule has 1 amide bonds. The number of ether oxygens (including phenoxy) is 1. The van der Waals surface area contributed by atoms with E-state index in [-0.39, 0.29) is 5.69 Å². The predicted molar refractivity (Wildman–Crippen MR) is 84.5 cm³/mol. The van der Waals surface area contributed by atoms with Crippen molar-refractivity contribution in [3.63, 3.8) is 0 Å². The first kappa shape index (κ1) is 15.2. The number of nitrogens with one attached hydrogen (secondary N) is 1. The Labute approximate surface area is 127 Å². The third kappa shape index (κ3) is 3.69. The van der Waals surface area contributed by atoms with E-state index in [0.717, 1.165) is 0 Å². The predicted octanol–water partition coefficient (Wildman–Crippen LogP) is 3.94. The summed E-state index contributed by atoms with van der Waals surface area (Å²) in [6.45, 7) is 0. The van der Waals surface area contributed by atoms with Crippen molar-refractivity contribution in [3.8, 4) is 0 Å². The highest BCUT2D eigenvalue weighted by Crippen LogP contribution is 2.23. The van der Waals surface area contributed by atoms with Gasteiger partial charge in [0.05, 0.1) is 23.3 Å². The van der Waals surface area contributed by atoms with E-state index in [1.54, 1.807) is 48.6 Å². The molecule has 0 bridgehead atoms. The molecule has 0 saturated carbocycles. The molecule has 112 valence electrons. The standard InChI is InChI=1S/C16H14N2O4/c1-22-16(19)17-14-8-4-2-6-12(14)10-11-13-7-3-5-9-15(13)18(20)21/h2-11H,1H3,(H,17,19)/b11-10+. The summed E-state index contributed by atoms with van der Waals surface area (Å²) in [4.78, 5) is 21.9. The molecule has 0 aliphatic rings. The number of hydrogen-bond acceptors (Lipinski definition) is 4. The SMILES string of the molecule is COC(=O)Nc1ccccc1/C=C/c1ccccc1[N+](=O)[O-]. The summed E-state index contributed by atoms with van der Waals surface area (Å²) in [5.74, 6) is 0. The molecule has 6 nitrogen and oxygen atoms in total. The summed E-state index contributed by atoms with van der Waals surface area (Å²) >= 11 is 0. The fourth-order valence-corrected chi connectivity index (χ4v) is 1.89. The number of anilines is 1. The van der Waals surface area contributed by atoms with Crippen LogP contribution in [0.1, 0.15) is 11.1 Å². The van der Waals surface area contributed by atoms with Crippen molar-refractivity contribution in [2.24, 2.45) is 0 Å². The van der Waals surface area contributed by atoms with Crippen molar-refractivity contribution in [1.82, 2.24) is 0 Å². The Morgan fingerprint density at radius 2 is 1.68 bits per heavy atom. The Balaban J connectivity index is 2.31. The number of nitro benzene ring substituents is 1. The van der Waals surface area contributed by atoms with Gasteiger partial charge in [-0.25, -0.2) is 4.79 Å². The zero-order valence-corrected chi connectivity index (χ0v) is 11.9. The van der Waals surface area contributed by atoms with Crippen molar-refractivity contribution < 1.29 is 14.5 Å². The summed E-state index contributed by atoms with van der Waals surface area (Å²) in [5, 5.41) is 13.6. The van der Waals surface area contributed by atoms with E-state index in [0.29, 0.717) is 16.8 Å². The maximum Gasteiger partial charge on any atom is 0.411 e. The molecule has 0 radical (unpaired) electrons. The zero-order chi connectivity index (χ0) is 15.9. The van der Waals surface area contributed by atoms with Crippen LogP contribution in [0.3, 0.4) is 0 Å². The lowest BCUT2D eigenvalue weighted by Crippen LogP contribution is -2.11. The molecule has 2 rings (SSSR count). The van der Waals surface area contributed by atoms with Gasteiger partial charge in [0.15, 0.2) is 0 Å². The van der Waals surface area contributed by atoms with Gasteiger partial charge in [0.1, 0.15) is 0 Å². The van der Waals surface area contributed by atoms with Crippen LogP contribution in [0.4, 0.5) is 16.2 Å². The number of hydrogen-bond donors (Lipinski definition) is 1. The van der Waals surface area contributed by atoms with Crippen molar-refractivity contribution in [2.75, 3.05) is 12.4 Å². The summed E-state index contributed by atoms with van der Waals surface area (Å²) in [6, 6.07) is 13.5. The normalized spacial score (nSPS) is 10.4. The molecule has 2 aromatic rings. The van der Waals surface area contributed by atoms with Crippen LogP contribution in [0.2, 0.25) is 0 Å². The Morgan fingerprint density at radius 3 is 2.36 bits per heavy atom. The van der Waals surface area contributed by atoms with Gasteiger partial charge in [-0.2, -0.15) is 0 Å². The van der Waals surface area contributed by atoms with Crippen molar-refractivity contribution >= 4 is 29.6 Å². The summed E-state index contributed by atoms with van der Waals surface area (Å²) in [7, 11) is 1.28. The smallest absolute Gasteiger partial charge is 0.411 e. The number of para-hydroxylation sites is 2. The molecular weight excluding hydrogens is 284 g/mol. The molecule has 0 atom stereocenters. The topological polar surface area (TPSA) is 81.5 Å². The number of rotatable bonds is 4. The summed E-state index contributed by atoms with van der Waals surface area (Å²) < 4.78 is 4.56. The molecule has 0 aliphatic heterocycles. The highest BCUT2D eigenvalue weighted by Gasteiger charge is 2.10. The third-order valence-corrected chi connectivity index (χ3v) is 2.96. The molecule has 0 aliphatic carbocycles. The van der Waals surface area contributed by atoms with E-state index in [9.17, 15) is 14.9 Å². The molecule has 6 heteroatoms. The molecular formula is C16H14N2O4. The van der Waals surface area contributed by atoms with Crippen LogP contribution in [0.25, 0.3) is 12.2 Å². The molecule has 1 N–H and O–H groups in total. The highest BCUT2D eigenvalue weighted by atomic mass is 16.6. The average Bonchev–Trinajstić information content (AvgIpc) is 2.54. The minimum absolute atomic E-state index is 0.0251. The fraction of sp³-hybridized carbons (Fsp3) is 0.0625. The second-order valence-electron chi connectivity index (χ2n) is 4.35. The second-order valence-corrected chi connectivity index (χ2v) is 4.35. The Morgan fingerprint density at radius 1 is 1.09 bits per heavy atom. The van der Waals surface area contributed by atoms with Gasteiger partial charge in [-0.1, -0.05) is 36.4 Å². The van der Waals surface area contributed by atoms with E-state index in [2.05, 4.69) is 10.1 Å². The number of amides is 1. The third-order valence-electron chi connectivity index (χ3n) is 2.96. The van der Waals surface area contributed by atoms with Gasteiger partial charge >= 0.3 is 6.09 Å². The van der Waals surface area contributed by atoms with Gasteiger partial charge < -0.3 is 4.74 Å². The molecule has 0 aromatic heterocycles. The number of carbonyl (C=O) groups is 1. The molecule has 0 saturated heterocycles. The van der Waals surface area contributed by atoms with Gasteiger partial charge in [-0.15, -0.1) is 0 Å². The number of methoxy groups -OCH3 is 1. The molecule has 2 aromatic carbocycles. The number of nitro groups is 1. The quantitative estimate of drug-likeness (QED) is 0.526. The number of benzene rings is 2. The van der Waals surface area contributed by atoms with Crippen LogP contribution in [0.5, 0.6) is 0 Å². The van der Waals surface area contributed by atoms with Gasteiger partial charge in [0.2, 0.25) is 0 Å². The van der Waals surface area contributed by atoms with Gasteiger partial charge in [0.25, 0.3) is 5.69 Å². The maximum atomic E-state index is 11.3. The monoisotopic (exact) mass is 298 g/mol. The van der Waals surface area contributed by atoms with Gasteiger partial charge in [0, 0.05) is 6.07 Å². The first-order valence-electron chi connectivity index (χ1n) is 6.47. The van der Waals surface area contributed by atoms with Crippen LogP contribution < -0.4 is 5.32 Å². The van der Waals surface area contributed by atoms with Gasteiger partial charge in [-0.3, -0.25) is 15.4 Å². The molecule has 0 spiro atoms. The minimum Gasteiger partial charge on any atom is -0.453 e. The van der Waals surface area contributed by atoms with E-state index >= 15 is 0 Å². The lowest BCUT2D eigenvalue weighted by Gasteiger charge is -2.07. The van der Waals surface area contributed by atoms with Crippen molar-refractivity contribution in [1.29, 1.82) is 0 Å². The summed E-state index contributed by atoms with van der Waals surface area (Å²) in [6.07, 6.45) is 2.76. The Hall–Kier alpha value is -3.15. The lowest BCUT2D eigenvalue weighted by atomic mass is 10.1. The zero-order valence-electron chi connectivity index (χ0n) is 11.9. The van der Waals surface area contributed by atoms with Crippen molar-refractivity contribution in [2.45, 2.75) is 0 Å². The minimum atomic E-state index is -0.577. The Kier molecular flexibility index (Phi) is 4.87.